The summed E-state index contributed by atoms with van der Waals surface area (Å²) in [6.45, 7) is 2.41. The molecule has 116 valence electrons. The predicted molar refractivity (Wildman–Crippen MR) is 88.4 cm³/mol. The zero-order valence-corrected chi connectivity index (χ0v) is 12.7. The highest BCUT2D eigenvalue weighted by Gasteiger charge is 2.26. The van der Waals surface area contributed by atoms with Crippen LogP contribution in [0.5, 0.6) is 0 Å². The number of furan rings is 1. The van der Waals surface area contributed by atoms with Gasteiger partial charge < -0.3 is 14.1 Å². The number of fused-ring (bicyclic) bond motifs is 1. The zero-order valence-electron chi connectivity index (χ0n) is 12.7. The number of benzene rings is 2. The largest absolute Gasteiger partial charge is 0.455 e. The van der Waals surface area contributed by atoms with Crippen molar-refractivity contribution in [3.05, 3.63) is 60.2 Å². The normalized spacial score (nSPS) is 15.0. The van der Waals surface area contributed by atoms with Crippen LogP contribution < -0.4 is 0 Å². The van der Waals surface area contributed by atoms with Crippen LogP contribution >= 0.6 is 0 Å². The maximum absolute atomic E-state index is 13.1. The minimum Gasteiger partial charge on any atom is -0.455 e. The van der Waals surface area contributed by atoms with Crippen LogP contribution in [0.4, 0.5) is 0 Å². The average molecular weight is 307 g/mol. The minimum absolute atomic E-state index is 0.0112. The van der Waals surface area contributed by atoms with Crippen molar-refractivity contribution in [1.82, 2.24) is 4.90 Å². The third kappa shape index (κ3) is 2.51. The van der Waals surface area contributed by atoms with Crippen molar-refractivity contribution in [1.29, 1.82) is 0 Å². The number of ether oxygens (including phenoxy) is 1. The quantitative estimate of drug-likeness (QED) is 0.727. The van der Waals surface area contributed by atoms with Crippen LogP contribution in [0.1, 0.15) is 10.4 Å². The monoisotopic (exact) mass is 307 g/mol. The lowest BCUT2D eigenvalue weighted by atomic mass is 10.0. The SMILES string of the molecule is O=C(c1c(-c2ccccc2)oc2ccccc12)N1CCOCC1. The van der Waals surface area contributed by atoms with Crippen LogP contribution in [-0.2, 0) is 4.74 Å². The number of rotatable bonds is 2. The lowest BCUT2D eigenvalue weighted by molar-refractivity contribution is 0.0304. The van der Waals surface area contributed by atoms with Gasteiger partial charge in [-0.15, -0.1) is 0 Å². The second-order valence-electron chi connectivity index (χ2n) is 5.57. The molecule has 4 heteroatoms. The Morgan fingerprint density at radius 1 is 0.913 bits per heavy atom. The van der Waals surface area contributed by atoms with E-state index in [-0.39, 0.29) is 5.91 Å². The van der Waals surface area contributed by atoms with Crippen LogP contribution in [0, 0.1) is 0 Å². The number of hydrogen-bond acceptors (Lipinski definition) is 3. The van der Waals surface area contributed by atoms with Crippen LogP contribution in [0.25, 0.3) is 22.3 Å². The van der Waals surface area contributed by atoms with Gasteiger partial charge in [0.25, 0.3) is 5.91 Å². The van der Waals surface area contributed by atoms with Crippen LogP contribution in [0.15, 0.2) is 59.0 Å². The van der Waals surface area contributed by atoms with Crippen molar-refractivity contribution in [2.75, 3.05) is 26.3 Å². The lowest BCUT2D eigenvalue weighted by Crippen LogP contribution is -2.40. The van der Waals surface area contributed by atoms with E-state index in [1.54, 1.807) is 0 Å². The summed E-state index contributed by atoms with van der Waals surface area (Å²) in [5.74, 6) is 0.653. The second kappa shape index (κ2) is 5.89. The Hall–Kier alpha value is -2.59. The van der Waals surface area contributed by atoms with E-state index in [9.17, 15) is 4.79 Å². The summed E-state index contributed by atoms with van der Waals surface area (Å²) in [5.41, 5.74) is 2.30. The summed E-state index contributed by atoms with van der Waals surface area (Å²) in [6, 6.07) is 17.5. The van der Waals surface area contributed by atoms with Crippen molar-refractivity contribution in [3.63, 3.8) is 0 Å². The lowest BCUT2D eigenvalue weighted by Gasteiger charge is -2.26. The van der Waals surface area contributed by atoms with Crippen molar-refractivity contribution >= 4 is 16.9 Å². The predicted octanol–water partition coefficient (Wildman–Crippen LogP) is 3.57. The molecule has 0 N–H and O–H groups in total. The molecule has 4 nitrogen and oxygen atoms in total. The van der Waals surface area contributed by atoms with Gasteiger partial charge in [-0.1, -0.05) is 48.5 Å². The highest BCUT2D eigenvalue weighted by atomic mass is 16.5. The molecule has 2 heterocycles. The number of carbonyl (C=O) groups is 1. The maximum atomic E-state index is 13.1. The molecule has 2 aromatic carbocycles. The summed E-state index contributed by atoms with van der Waals surface area (Å²) >= 11 is 0. The smallest absolute Gasteiger partial charge is 0.258 e. The van der Waals surface area contributed by atoms with Gasteiger partial charge in [-0.3, -0.25) is 4.79 Å². The fourth-order valence-corrected chi connectivity index (χ4v) is 2.98. The van der Waals surface area contributed by atoms with E-state index in [1.165, 1.54) is 0 Å². The van der Waals surface area contributed by atoms with E-state index in [0.29, 0.717) is 37.6 Å². The summed E-state index contributed by atoms with van der Waals surface area (Å²) in [6.07, 6.45) is 0. The Morgan fingerprint density at radius 3 is 2.39 bits per heavy atom. The molecule has 0 saturated carbocycles. The standard InChI is InChI=1S/C19H17NO3/c21-19(20-10-12-22-13-11-20)17-15-8-4-5-9-16(15)23-18(17)14-6-2-1-3-7-14/h1-9H,10-13H2. The van der Waals surface area contributed by atoms with Gasteiger partial charge >= 0.3 is 0 Å². The van der Waals surface area contributed by atoms with Gasteiger partial charge in [0.1, 0.15) is 11.3 Å². The molecule has 0 atom stereocenters. The number of morpholine rings is 1. The Balaban J connectivity index is 1.87. The first-order chi connectivity index (χ1) is 11.3. The van der Waals surface area contributed by atoms with Gasteiger partial charge in [0, 0.05) is 24.0 Å². The second-order valence-corrected chi connectivity index (χ2v) is 5.57. The zero-order chi connectivity index (χ0) is 15.6. The molecular weight excluding hydrogens is 290 g/mol. The fraction of sp³-hybridized carbons (Fsp3) is 0.211. The highest BCUT2D eigenvalue weighted by molar-refractivity contribution is 6.11. The van der Waals surface area contributed by atoms with E-state index in [0.717, 1.165) is 16.5 Å². The summed E-state index contributed by atoms with van der Waals surface area (Å²) in [4.78, 5) is 14.9. The molecule has 3 aromatic rings. The third-order valence-corrected chi connectivity index (χ3v) is 4.14. The van der Waals surface area contributed by atoms with Crippen molar-refractivity contribution in [3.8, 4) is 11.3 Å². The Bertz CT molecular complexity index is 832. The number of nitrogens with zero attached hydrogens (tertiary/aromatic N) is 1. The molecule has 1 aromatic heterocycles. The Morgan fingerprint density at radius 2 is 1.61 bits per heavy atom. The molecule has 1 amide bonds. The number of carbonyl (C=O) groups excluding carboxylic acids is 1. The molecular formula is C19H17NO3. The van der Waals surface area contributed by atoms with Gasteiger partial charge in [0.05, 0.1) is 18.8 Å². The van der Waals surface area contributed by atoms with E-state index >= 15 is 0 Å². The molecule has 0 radical (unpaired) electrons. The van der Waals surface area contributed by atoms with Crippen LogP contribution in [-0.4, -0.2) is 37.1 Å². The fourth-order valence-electron chi connectivity index (χ4n) is 2.98. The molecule has 0 bridgehead atoms. The Kier molecular flexibility index (Phi) is 3.60. The Labute approximate surface area is 134 Å². The molecule has 1 fully saturated rings. The summed E-state index contributed by atoms with van der Waals surface area (Å²) in [5, 5.41) is 0.864. The van der Waals surface area contributed by atoms with Crippen molar-refractivity contribution in [2.24, 2.45) is 0 Å². The van der Waals surface area contributed by atoms with E-state index < -0.39 is 0 Å². The maximum Gasteiger partial charge on any atom is 0.258 e. The first kappa shape index (κ1) is 14.0. The summed E-state index contributed by atoms with van der Waals surface area (Å²) < 4.78 is 11.4. The third-order valence-electron chi connectivity index (χ3n) is 4.14. The highest BCUT2D eigenvalue weighted by Crippen LogP contribution is 2.34. The van der Waals surface area contributed by atoms with E-state index in [2.05, 4.69) is 0 Å². The summed E-state index contributed by atoms with van der Waals surface area (Å²) in [7, 11) is 0. The number of amides is 1. The molecule has 0 spiro atoms. The first-order valence-corrected chi connectivity index (χ1v) is 7.78. The van der Waals surface area contributed by atoms with Crippen molar-refractivity contribution < 1.29 is 13.9 Å². The number of para-hydroxylation sites is 1. The molecule has 23 heavy (non-hydrogen) atoms. The number of hydrogen-bond donors (Lipinski definition) is 0. The molecule has 4 rings (SSSR count). The van der Waals surface area contributed by atoms with Gasteiger partial charge in [0.15, 0.2) is 0 Å². The first-order valence-electron chi connectivity index (χ1n) is 7.78. The van der Waals surface area contributed by atoms with E-state index in [4.69, 9.17) is 9.15 Å². The van der Waals surface area contributed by atoms with Gasteiger partial charge in [-0.2, -0.15) is 0 Å². The van der Waals surface area contributed by atoms with Crippen molar-refractivity contribution in [2.45, 2.75) is 0 Å². The molecule has 0 unspecified atom stereocenters. The topological polar surface area (TPSA) is 42.7 Å². The molecule has 0 aliphatic carbocycles. The van der Waals surface area contributed by atoms with Crippen LogP contribution in [0.2, 0.25) is 0 Å². The molecule has 1 aliphatic heterocycles. The van der Waals surface area contributed by atoms with Gasteiger partial charge in [-0.05, 0) is 6.07 Å². The van der Waals surface area contributed by atoms with Gasteiger partial charge in [-0.25, -0.2) is 0 Å². The molecule has 1 aliphatic rings. The minimum atomic E-state index is 0.0112. The van der Waals surface area contributed by atoms with Crippen LogP contribution in [0.3, 0.4) is 0 Å². The average Bonchev–Trinajstić information content (AvgIpc) is 3.02. The molecule has 1 saturated heterocycles. The van der Waals surface area contributed by atoms with E-state index in [1.807, 2.05) is 59.5 Å². The van der Waals surface area contributed by atoms with Gasteiger partial charge in [0.2, 0.25) is 0 Å².